The molecule has 0 fully saturated rings. The molecule has 2 N–H and O–H groups in total. The highest BCUT2D eigenvalue weighted by Crippen LogP contribution is 2.42. The summed E-state index contributed by atoms with van der Waals surface area (Å²) in [4.78, 5) is 12.3. The first-order valence-corrected chi connectivity index (χ1v) is 9.26. The number of aromatic amines is 1. The zero-order valence-electron chi connectivity index (χ0n) is 13.0. The maximum Gasteiger partial charge on any atom is 0.139 e. The van der Waals surface area contributed by atoms with E-state index in [1.807, 2.05) is 12.1 Å². The van der Waals surface area contributed by atoms with Gasteiger partial charge >= 0.3 is 0 Å². The molecule has 7 heteroatoms. The Bertz CT molecular complexity index is 954. The van der Waals surface area contributed by atoms with Crippen LogP contribution in [0.25, 0.3) is 22.5 Å². The number of imidazole rings is 1. The second kappa shape index (κ2) is 5.83. The molecule has 1 atom stereocenters. The lowest BCUT2D eigenvalue weighted by Gasteiger charge is -2.08. The van der Waals surface area contributed by atoms with Gasteiger partial charge in [-0.1, -0.05) is 0 Å². The maximum absolute atomic E-state index is 13.7. The van der Waals surface area contributed by atoms with E-state index in [0.29, 0.717) is 23.7 Å². The Balaban J connectivity index is 1.91. The van der Waals surface area contributed by atoms with Gasteiger partial charge < -0.3 is 10.3 Å². The molecule has 122 valence electrons. The van der Waals surface area contributed by atoms with Gasteiger partial charge in [0.05, 0.1) is 11.4 Å². The Labute approximate surface area is 140 Å². The van der Waals surface area contributed by atoms with Crippen LogP contribution in [0.4, 0.5) is 15.9 Å². The molecule has 0 saturated heterocycles. The number of pyridine rings is 1. The Morgan fingerprint density at radius 2 is 2.12 bits per heavy atom. The van der Waals surface area contributed by atoms with Crippen LogP contribution in [0.1, 0.15) is 5.82 Å². The van der Waals surface area contributed by atoms with E-state index in [0.717, 1.165) is 28.3 Å². The second-order valence-corrected chi connectivity index (χ2v) is 7.20. The van der Waals surface area contributed by atoms with Gasteiger partial charge in [-0.15, -0.1) is 0 Å². The second-order valence-electron chi connectivity index (χ2n) is 5.65. The van der Waals surface area contributed by atoms with Crippen molar-refractivity contribution in [1.29, 1.82) is 0 Å². The fourth-order valence-electron chi connectivity index (χ4n) is 2.83. The van der Waals surface area contributed by atoms with Crippen LogP contribution in [-0.4, -0.2) is 31.2 Å². The summed E-state index contributed by atoms with van der Waals surface area (Å²) in [6.45, 7) is 0. The van der Waals surface area contributed by atoms with Crippen LogP contribution >= 0.6 is 0 Å². The maximum atomic E-state index is 13.7. The van der Waals surface area contributed by atoms with Crippen molar-refractivity contribution in [2.45, 2.75) is 6.42 Å². The van der Waals surface area contributed by atoms with Gasteiger partial charge in [-0.05, 0) is 30.3 Å². The Morgan fingerprint density at radius 1 is 1.25 bits per heavy atom. The van der Waals surface area contributed by atoms with E-state index in [1.54, 1.807) is 18.5 Å². The van der Waals surface area contributed by atoms with Gasteiger partial charge in [-0.2, -0.15) is 0 Å². The summed E-state index contributed by atoms with van der Waals surface area (Å²) in [5, 5.41) is 3.19. The van der Waals surface area contributed by atoms with Crippen LogP contribution in [0, 0.1) is 5.82 Å². The molecule has 0 amide bonds. The summed E-state index contributed by atoms with van der Waals surface area (Å²) in [6.07, 6.45) is 3.95. The molecular formula is C17H15FN4OS. The number of aromatic nitrogens is 3. The standard InChI is InChI=1S/C17H15FN4OS/c1-24(23)8-6-14-21-15-11-5-4-10(18)9-13(11)20-17-12(16(15)22-14)3-2-7-19-17/h2-5,7,9H,6,8H2,1H3,(H,19,20)(H,21,22). The Morgan fingerprint density at radius 3 is 2.96 bits per heavy atom. The normalized spacial score (nSPS) is 13.2. The van der Waals surface area contributed by atoms with Crippen molar-refractivity contribution < 1.29 is 8.60 Å². The molecule has 1 aliphatic heterocycles. The zero-order chi connectivity index (χ0) is 16.7. The summed E-state index contributed by atoms with van der Waals surface area (Å²) in [7, 11) is -0.883. The van der Waals surface area contributed by atoms with Gasteiger partial charge in [-0.25, -0.2) is 14.4 Å². The molecule has 24 heavy (non-hydrogen) atoms. The molecule has 2 aromatic heterocycles. The lowest BCUT2D eigenvalue weighted by atomic mass is 10.1. The van der Waals surface area contributed by atoms with Crippen molar-refractivity contribution in [3.05, 3.63) is 48.2 Å². The third kappa shape index (κ3) is 2.60. The molecule has 3 aromatic rings. The molecule has 5 nitrogen and oxygen atoms in total. The molecular weight excluding hydrogens is 327 g/mol. The van der Waals surface area contributed by atoms with Crippen LogP contribution in [-0.2, 0) is 17.2 Å². The summed E-state index contributed by atoms with van der Waals surface area (Å²) >= 11 is 0. The zero-order valence-corrected chi connectivity index (χ0v) is 13.8. The van der Waals surface area contributed by atoms with Crippen molar-refractivity contribution in [1.82, 2.24) is 15.0 Å². The molecule has 0 aliphatic carbocycles. The third-order valence-electron chi connectivity index (χ3n) is 3.95. The number of rotatable bonds is 3. The molecule has 4 rings (SSSR count). The minimum absolute atomic E-state index is 0.316. The molecule has 1 aromatic carbocycles. The lowest BCUT2D eigenvalue weighted by Crippen LogP contribution is -2.01. The number of aryl methyl sites for hydroxylation is 1. The lowest BCUT2D eigenvalue weighted by molar-refractivity contribution is 0.628. The molecule has 0 saturated carbocycles. The van der Waals surface area contributed by atoms with Crippen molar-refractivity contribution in [3.63, 3.8) is 0 Å². The number of anilines is 2. The van der Waals surface area contributed by atoms with Crippen LogP contribution < -0.4 is 5.32 Å². The van der Waals surface area contributed by atoms with Crippen molar-refractivity contribution in [2.24, 2.45) is 0 Å². The minimum Gasteiger partial charge on any atom is -0.341 e. The average molecular weight is 342 g/mol. The number of nitrogens with zero attached hydrogens (tertiary/aromatic N) is 2. The Kier molecular flexibility index (Phi) is 3.65. The van der Waals surface area contributed by atoms with E-state index in [9.17, 15) is 8.60 Å². The smallest absolute Gasteiger partial charge is 0.139 e. The number of hydrogen-bond acceptors (Lipinski definition) is 4. The number of nitrogens with one attached hydrogen (secondary N) is 2. The number of hydrogen-bond donors (Lipinski definition) is 2. The van der Waals surface area contributed by atoms with E-state index in [4.69, 9.17) is 0 Å². The third-order valence-corrected chi connectivity index (χ3v) is 4.73. The highest BCUT2D eigenvalue weighted by atomic mass is 32.2. The van der Waals surface area contributed by atoms with Crippen LogP contribution in [0.3, 0.4) is 0 Å². The van der Waals surface area contributed by atoms with Crippen LogP contribution in [0.2, 0.25) is 0 Å². The quantitative estimate of drug-likeness (QED) is 0.599. The van der Waals surface area contributed by atoms with Crippen molar-refractivity contribution >= 4 is 22.3 Å². The molecule has 0 bridgehead atoms. The topological polar surface area (TPSA) is 70.7 Å². The van der Waals surface area contributed by atoms with E-state index < -0.39 is 10.8 Å². The van der Waals surface area contributed by atoms with Crippen molar-refractivity contribution in [3.8, 4) is 22.5 Å². The number of fused-ring (bicyclic) bond motifs is 5. The first-order chi connectivity index (χ1) is 11.6. The molecule has 3 heterocycles. The predicted octanol–water partition coefficient (Wildman–Crippen LogP) is 3.26. The molecule has 0 spiro atoms. The number of halogens is 1. The van der Waals surface area contributed by atoms with Crippen molar-refractivity contribution in [2.75, 3.05) is 17.3 Å². The molecule has 1 unspecified atom stereocenters. The summed E-state index contributed by atoms with van der Waals surface area (Å²) in [6, 6.07) is 8.37. The fraction of sp³-hybridized carbons (Fsp3) is 0.176. The van der Waals surface area contributed by atoms with Gasteiger partial charge in [0.1, 0.15) is 23.2 Å². The summed E-state index contributed by atoms with van der Waals surface area (Å²) in [5.41, 5.74) is 3.92. The summed E-state index contributed by atoms with van der Waals surface area (Å²) in [5.74, 6) is 1.63. The van der Waals surface area contributed by atoms with Gasteiger partial charge in [0.15, 0.2) is 0 Å². The van der Waals surface area contributed by atoms with Gasteiger partial charge in [0.25, 0.3) is 0 Å². The molecule has 1 aliphatic rings. The Hall–Kier alpha value is -2.54. The summed E-state index contributed by atoms with van der Waals surface area (Å²) < 4.78 is 25.0. The van der Waals surface area contributed by atoms with E-state index >= 15 is 0 Å². The van der Waals surface area contributed by atoms with Crippen LogP contribution in [0.5, 0.6) is 0 Å². The van der Waals surface area contributed by atoms with Gasteiger partial charge in [-0.3, -0.25) is 4.21 Å². The largest absolute Gasteiger partial charge is 0.341 e. The van der Waals surface area contributed by atoms with E-state index in [2.05, 4.69) is 20.3 Å². The average Bonchev–Trinajstić information content (AvgIpc) is 2.92. The number of H-pyrrole nitrogens is 1. The van der Waals surface area contributed by atoms with E-state index in [-0.39, 0.29) is 5.82 Å². The van der Waals surface area contributed by atoms with Crippen LogP contribution in [0.15, 0.2) is 36.5 Å². The van der Waals surface area contributed by atoms with Gasteiger partial charge in [0, 0.05) is 46.6 Å². The predicted molar refractivity (Wildman–Crippen MR) is 93.1 cm³/mol. The number of benzene rings is 1. The monoisotopic (exact) mass is 342 g/mol. The first-order valence-electron chi connectivity index (χ1n) is 7.53. The minimum atomic E-state index is -0.883. The SMILES string of the molecule is CS(=O)CCc1nc2c([nH]1)-c1ccc(F)cc1Nc1ncccc1-2. The first kappa shape index (κ1) is 15.0. The van der Waals surface area contributed by atoms with Gasteiger partial charge in [0.2, 0.25) is 0 Å². The fourth-order valence-corrected chi connectivity index (χ4v) is 3.31. The highest BCUT2D eigenvalue weighted by Gasteiger charge is 2.23. The molecule has 0 radical (unpaired) electrons. The highest BCUT2D eigenvalue weighted by molar-refractivity contribution is 7.84. The van der Waals surface area contributed by atoms with E-state index in [1.165, 1.54) is 12.1 Å².